The number of fused-ring (bicyclic) bond motifs is 1. The Kier molecular flexibility index (Phi) is 5.34. The fraction of sp³-hybridized carbons (Fsp3) is 0.200. The van der Waals surface area contributed by atoms with E-state index in [9.17, 15) is 9.59 Å². The Morgan fingerprint density at radius 1 is 1.00 bits per heavy atom. The molecule has 0 amide bonds. The molecule has 0 aliphatic rings. The van der Waals surface area contributed by atoms with E-state index in [0.29, 0.717) is 34.4 Å². The van der Waals surface area contributed by atoms with Crippen molar-refractivity contribution in [3.63, 3.8) is 0 Å². The van der Waals surface area contributed by atoms with Crippen LogP contribution in [-0.2, 0) is 9.47 Å². The molecule has 0 aliphatic heterocycles. The van der Waals surface area contributed by atoms with Crippen LogP contribution in [0.4, 0.5) is 0 Å². The number of aromatic nitrogens is 1. The first kappa shape index (κ1) is 17.7. The predicted molar refractivity (Wildman–Crippen MR) is 98.3 cm³/mol. The molecule has 0 saturated carbocycles. The summed E-state index contributed by atoms with van der Waals surface area (Å²) in [4.78, 5) is 25.4. The lowest BCUT2D eigenvalue weighted by Crippen LogP contribution is -2.21. The maximum Gasteiger partial charge on any atom is 0.340 e. The molecular weight excluding hydrogens is 334 g/mol. The summed E-state index contributed by atoms with van der Waals surface area (Å²) >= 11 is 0. The molecule has 6 nitrogen and oxygen atoms in total. The van der Waals surface area contributed by atoms with Gasteiger partial charge in [-0.25, -0.2) is 4.79 Å². The number of benzene rings is 2. The maximum absolute atomic E-state index is 12.9. The minimum absolute atomic E-state index is 0.141. The molecule has 0 bridgehead atoms. The van der Waals surface area contributed by atoms with Crippen molar-refractivity contribution in [1.82, 2.24) is 4.57 Å². The first-order valence-corrected chi connectivity index (χ1v) is 8.10. The molecular formula is C20H19NO5. The average molecular weight is 353 g/mol. The SMILES string of the molecule is COCCOC(=O)c1cn(-c2cccc(OC)c2)c(=O)c2ccccc12. The van der Waals surface area contributed by atoms with E-state index in [-0.39, 0.29) is 12.2 Å². The smallest absolute Gasteiger partial charge is 0.340 e. The van der Waals surface area contributed by atoms with Gasteiger partial charge >= 0.3 is 5.97 Å². The van der Waals surface area contributed by atoms with Crippen LogP contribution in [0.3, 0.4) is 0 Å². The average Bonchev–Trinajstić information content (AvgIpc) is 2.68. The zero-order valence-electron chi connectivity index (χ0n) is 14.6. The van der Waals surface area contributed by atoms with Gasteiger partial charge in [0.2, 0.25) is 0 Å². The van der Waals surface area contributed by atoms with Gasteiger partial charge < -0.3 is 14.2 Å². The second kappa shape index (κ2) is 7.84. The Morgan fingerprint density at radius 2 is 1.77 bits per heavy atom. The van der Waals surface area contributed by atoms with Crippen molar-refractivity contribution in [1.29, 1.82) is 0 Å². The van der Waals surface area contributed by atoms with E-state index in [0.717, 1.165) is 0 Å². The molecule has 0 aliphatic carbocycles. The fourth-order valence-electron chi connectivity index (χ4n) is 2.70. The van der Waals surface area contributed by atoms with Crippen LogP contribution < -0.4 is 10.3 Å². The van der Waals surface area contributed by atoms with E-state index < -0.39 is 5.97 Å². The number of esters is 1. The first-order chi connectivity index (χ1) is 12.7. The second-order valence-electron chi connectivity index (χ2n) is 5.59. The maximum atomic E-state index is 12.9. The van der Waals surface area contributed by atoms with E-state index >= 15 is 0 Å². The van der Waals surface area contributed by atoms with E-state index in [1.165, 1.54) is 17.9 Å². The minimum atomic E-state index is -0.505. The summed E-state index contributed by atoms with van der Waals surface area (Å²) in [5.41, 5.74) is 0.701. The molecule has 1 aromatic heterocycles. The van der Waals surface area contributed by atoms with Gasteiger partial charge in [-0.05, 0) is 18.2 Å². The number of carbonyl (C=O) groups is 1. The molecule has 0 atom stereocenters. The van der Waals surface area contributed by atoms with Gasteiger partial charge in [-0.2, -0.15) is 0 Å². The number of methoxy groups -OCH3 is 2. The van der Waals surface area contributed by atoms with Gasteiger partial charge in [0.15, 0.2) is 0 Å². The Labute approximate surface area is 150 Å². The third-order valence-electron chi connectivity index (χ3n) is 4.00. The molecule has 0 spiro atoms. The van der Waals surface area contributed by atoms with Crippen molar-refractivity contribution in [2.75, 3.05) is 27.4 Å². The van der Waals surface area contributed by atoms with E-state index in [1.807, 2.05) is 0 Å². The van der Waals surface area contributed by atoms with Crippen LogP contribution in [-0.4, -0.2) is 38.0 Å². The monoisotopic (exact) mass is 353 g/mol. The molecule has 1 heterocycles. The van der Waals surface area contributed by atoms with Crippen molar-refractivity contribution in [2.24, 2.45) is 0 Å². The Hall–Kier alpha value is -3.12. The molecule has 3 aromatic rings. The Morgan fingerprint density at radius 3 is 2.50 bits per heavy atom. The molecule has 6 heteroatoms. The van der Waals surface area contributed by atoms with Crippen molar-refractivity contribution >= 4 is 16.7 Å². The second-order valence-corrected chi connectivity index (χ2v) is 5.59. The highest BCUT2D eigenvalue weighted by molar-refractivity contribution is 6.04. The molecule has 2 aromatic carbocycles. The summed E-state index contributed by atoms with van der Waals surface area (Å²) in [5.74, 6) is 0.113. The van der Waals surface area contributed by atoms with Crippen molar-refractivity contribution in [2.45, 2.75) is 0 Å². The third-order valence-corrected chi connectivity index (χ3v) is 4.00. The largest absolute Gasteiger partial charge is 0.497 e. The normalized spacial score (nSPS) is 10.7. The zero-order valence-corrected chi connectivity index (χ0v) is 14.6. The van der Waals surface area contributed by atoms with Gasteiger partial charge in [0, 0.05) is 30.1 Å². The number of hydrogen-bond acceptors (Lipinski definition) is 5. The van der Waals surface area contributed by atoms with Crippen molar-refractivity contribution in [3.05, 3.63) is 70.6 Å². The number of ether oxygens (including phenoxy) is 3. The summed E-state index contributed by atoms with van der Waals surface area (Å²) in [6, 6.07) is 14.1. The summed E-state index contributed by atoms with van der Waals surface area (Å²) < 4.78 is 16.8. The molecule has 0 radical (unpaired) electrons. The number of nitrogens with zero attached hydrogens (tertiary/aromatic N) is 1. The van der Waals surface area contributed by atoms with Crippen LogP contribution in [0.2, 0.25) is 0 Å². The van der Waals surface area contributed by atoms with Gasteiger partial charge in [-0.15, -0.1) is 0 Å². The lowest BCUT2D eigenvalue weighted by molar-refractivity contribution is 0.0389. The highest BCUT2D eigenvalue weighted by Gasteiger charge is 2.16. The fourth-order valence-corrected chi connectivity index (χ4v) is 2.70. The van der Waals surface area contributed by atoms with Crippen LogP contribution in [0.5, 0.6) is 5.75 Å². The highest BCUT2D eigenvalue weighted by Crippen LogP contribution is 2.20. The zero-order chi connectivity index (χ0) is 18.5. The highest BCUT2D eigenvalue weighted by atomic mass is 16.6. The van der Waals surface area contributed by atoms with E-state index in [1.54, 1.807) is 55.6 Å². The van der Waals surface area contributed by atoms with Gasteiger partial charge in [-0.3, -0.25) is 9.36 Å². The molecule has 3 rings (SSSR count). The van der Waals surface area contributed by atoms with Crippen LogP contribution in [0.15, 0.2) is 59.5 Å². The Bertz CT molecular complexity index is 993. The van der Waals surface area contributed by atoms with Crippen LogP contribution >= 0.6 is 0 Å². The summed E-state index contributed by atoms with van der Waals surface area (Å²) in [5, 5.41) is 0.996. The van der Waals surface area contributed by atoms with Crippen LogP contribution in [0, 0.1) is 0 Å². The van der Waals surface area contributed by atoms with Crippen LogP contribution in [0.1, 0.15) is 10.4 Å². The molecule has 0 saturated heterocycles. The van der Waals surface area contributed by atoms with Gasteiger partial charge in [0.1, 0.15) is 12.4 Å². The number of pyridine rings is 1. The lowest BCUT2D eigenvalue weighted by atomic mass is 10.1. The van der Waals surface area contributed by atoms with Crippen molar-refractivity contribution < 1.29 is 19.0 Å². The topological polar surface area (TPSA) is 66.8 Å². The van der Waals surface area contributed by atoms with E-state index in [4.69, 9.17) is 14.2 Å². The minimum Gasteiger partial charge on any atom is -0.497 e. The predicted octanol–water partition coefficient (Wildman–Crippen LogP) is 2.80. The van der Waals surface area contributed by atoms with E-state index in [2.05, 4.69) is 0 Å². The van der Waals surface area contributed by atoms with Gasteiger partial charge in [0.05, 0.1) is 25.0 Å². The molecule has 0 fully saturated rings. The van der Waals surface area contributed by atoms with Gasteiger partial charge in [-0.1, -0.05) is 24.3 Å². The number of carbonyl (C=O) groups excluding carboxylic acids is 1. The van der Waals surface area contributed by atoms with Crippen LogP contribution in [0.25, 0.3) is 16.5 Å². The lowest BCUT2D eigenvalue weighted by Gasteiger charge is -2.13. The molecule has 0 unspecified atom stereocenters. The number of rotatable bonds is 6. The molecule has 26 heavy (non-hydrogen) atoms. The Balaban J connectivity index is 2.16. The quantitative estimate of drug-likeness (QED) is 0.504. The van der Waals surface area contributed by atoms with Gasteiger partial charge in [0.25, 0.3) is 5.56 Å². The third kappa shape index (κ3) is 3.45. The molecule has 134 valence electrons. The summed E-state index contributed by atoms with van der Waals surface area (Å²) in [7, 11) is 3.09. The standard InChI is InChI=1S/C20H19NO5/c1-24-10-11-26-20(23)18-13-21(14-6-5-7-15(12-14)25-2)19(22)17-9-4-3-8-16(17)18/h3-9,12-13H,10-11H2,1-2H3. The number of hydrogen-bond donors (Lipinski definition) is 0. The summed E-state index contributed by atoms with van der Waals surface area (Å²) in [6.45, 7) is 0.446. The molecule has 0 N–H and O–H groups in total. The summed E-state index contributed by atoms with van der Waals surface area (Å²) in [6.07, 6.45) is 1.51. The van der Waals surface area contributed by atoms with Crippen molar-refractivity contribution in [3.8, 4) is 11.4 Å². The first-order valence-electron chi connectivity index (χ1n) is 8.10.